The van der Waals surface area contributed by atoms with Gasteiger partial charge in [0.25, 0.3) is 0 Å². The van der Waals surface area contributed by atoms with Crippen LogP contribution in [-0.2, 0) is 13.6 Å². The van der Waals surface area contributed by atoms with Crippen LogP contribution in [0.3, 0.4) is 0 Å². The van der Waals surface area contributed by atoms with Gasteiger partial charge in [-0.15, -0.1) is 0 Å². The minimum atomic E-state index is 0.580. The van der Waals surface area contributed by atoms with Crippen LogP contribution in [0.15, 0.2) is 24.3 Å². The summed E-state index contributed by atoms with van der Waals surface area (Å²) in [6.07, 6.45) is 0. The van der Waals surface area contributed by atoms with Crippen molar-refractivity contribution < 1.29 is 9.47 Å². The van der Waals surface area contributed by atoms with Crippen LogP contribution >= 0.6 is 0 Å². The Morgan fingerprint density at radius 1 is 1.22 bits per heavy atom. The molecule has 0 aliphatic carbocycles. The zero-order chi connectivity index (χ0) is 16.8. The molecule has 0 saturated heterocycles. The van der Waals surface area contributed by atoms with Crippen molar-refractivity contribution in [2.75, 3.05) is 39.3 Å². The maximum atomic E-state index is 5.76. The maximum Gasteiger partial charge on any atom is 0.161 e. The van der Waals surface area contributed by atoms with Crippen molar-refractivity contribution in [3.8, 4) is 11.5 Å². The number of aromatic nitrogens is 2. The SMILES string of the molecule is COc1ccccc1OCCNCc1c(C)nn(C)c1N(C)C. The van der Waals surface area contributed by atoms with Gasteiger partial charge in [-0.05, 0) is 19.1 Å². The number of methoxy groups -OCH3 is 1. The maximum absolute atomic E-state index is 5.76. The van der Waals surface area contributed by atoms with Crippen molar-refractivity contribution in [2.24, 2.45) is 7.05 Å². The average molecular weight is 318 g/mol. The molecule has 0 radical (unpaired) electrons. The molecule has 1 heterocycles. The molecule has 0 saturated carbocycles. The Labute approximate surface area is 138 Å². The Morgan fingerprint density at radius 2 is 1.91 bits per heavy atom. The molecule has 2 rings (SSSR count). The lowest BCUT2D eigenvalue weighted by atomic mass is 10.2. The molecule has 23 heavy (non-hydrogen) atoms. The standard InChI is InChI=1S/C17H26N4O2/c1-13-14(17(20(2)3)21(4)19-13)12-18-10-11-23-16-9-7-6-8-15(16)22-5/h6-9,18H,10-12H2,1-5H3. The third kappa shape index (κ3) is 4.16. The first-order valence-corrected chi connectivity index (χ1v) is 7.71. The highest BCUT2D eigenvalue weighted by molar-refractivity contribution is 5.48. The predicted octanol–water partition coefficient (Wildman–Crippen LogP) is 1.97. The summed E-state index contributed by atoms with van der Waals surface area (Å²) in [5.74, 6) is 2.65. The first-order chi connectivity index (χ1) is 11.0. The summed E-state index contributed by atoms with van der Waals surface area (Å²) in [7, 11) is 7.68. The average Bonchev–Trinajstić information content (AvgIpc) is 2.81. The van der Waals surface area contributed by atoms with Gasteiger partial charge in [0, 0.05) is 39.8 Å². The van der Waals surface area contributed by atoms with E-state index in [0.29, 0.717) is 6.61 Å². The summed E-state index contributed by atoms with van der Waals surface area (Å²) in [4.78, 5) is 2.09. The molecule has 0 aliphatic heterocycles. The van der Waals surface area contributed by atoms with E-state index in [9.17, 15) is 0 Å². The van der Waals surface area contributed by atoms with Crippen molar-refractivity contribution in [3.05, 3.63) is 35.5 Å². The number of aryl methyl sites for hydroxylation is 2. The molecule has 6 nitrogen and oxygen atoms in total. The molecule has 126 valence electrons. The largest absolute Gasteiger partial charge is 0.493 e. The van der Waals surface area contributed by atoms with E-state index in [2.05, 4.69) is 15.3 Å². The highest BCUT2D eigenvalue weighted by atomic mass is 16.5. The second-order valence-electron chi connectivity index (χ2n) is 5.58. The number of anilines is 1. The molecule has 0 unspecified atom stereocenters. The Bertz CT molecular complexity index is 638. The fourth-order valence-electron chi connectivity index (χ4n) is 2.64. The molecule has 1 aromatic heterocycles. The third-order valence-electron chi connectivity index (χ3n) is 3.64. The van der Waals surface area contributed by atoms with Crippen molar-refractivity contribution in [3.63, 3.8) is 0 Å². The second kappa shape index (κ2) is 7.87. The van der Waals surface area contributed by atoms with Crippen molar-refractivity contribution in [1.29, 1.82) is 0 Å². The molecule has 1 N–H and O–H groups in total. The van der Waals surface area contributed by atoms with Gasteiger partial charge in [-0.25, -0.2) is 0 Å². The Kier molecular flexibility index (Phi) is 5.87. The molecular formula is C17H26N4O2. The normalized spacial score (nSPS) is 10.7. The van der Waals surface area contributed by atoms with E-state index in [1.165, 1.54) is 5.56 Å². The fourth-order valence-corrected chi connectivity index (χ4v) is 2.64. The van der Waals surface area contributed by atoms with E-state index in [0.717, 1.165) is 36.1 Å². The molecule has 0 bridgehead atoms. The van der Waals surface area contributed by atoms with Crippen LogP contribution in [0.25, 0.3) is 0 Å². The molecule has 2 aromatic rings. The quantitative estimate of drug-likeness (QED) is 0.754. The summed E-state index contributed by atoms with van der Waals surface area (Å²) in [6, 6.07) is 7.67. The predicted molar refractivity (Wildman–Crippen MR) is 92.5 cm³/mol. The first kappa shape index (κ1) is 17.1. The highest BCUT2D eigenvalue weighted by Crippen LogP contribution is 2.25. The summed E-state index contributed by atoms with van der Waals surface area (Å²) in [6.45, 7) is 4.13. The third-order valence-corrected chi connectivity index (χ3v) is 3.64. The number of nitrogens with one attached hydrogen (secondary N) is 1. The van der Waals surface area contributed by atoms with E-state index in [-0.39, 0.29) is 0 Å². The molecule has 0 amide bonds. The van der Waals surface area contributed by atoms with Crippen LogP contribution in [0.4, 0.5) is 5.82 Å². The summed E-state index contributed by atoms with van der Waals surface area (Å²) >= 11 is 0. The number of ether oxygens (including phenoxy) is 2. The number of para-hydroxylation sites is 2. The van der Waals surface area contributed by atoms with Gasteiger partial charge in [0.05, 0.1) is 12.8 Å². The van der Waals surface area contributed by atoms with Crippen LogP contribution < -0.4 is 19.7 Å². The van der Waals surface area contributed by atoms with Crippen LogP contribution in [0, 0.1) is 6.92 Å². The van der Waals surface area contributed by atoms with Crippen LogP contribution in [0.2, 0.25) is 0 Å². The number of benzene rings is 1. The molecular weight excluding hydrogens is 292 g/mol. The van der Waals surface area contributed by atoms with Crippen molar-refractivity contribution >= 4 is 5.82 Å². The van der Waals surface area contributed by atoms with Crippen molar-refractivity contribution in [1.82, 2.24) is 15.1 Å². The van der Waals surface area contributed by atoms with E-state index < -0.39 is 0 Å². The van der Waals surface area contributed by atoms with Gasteiger partial charge in [0.2, 0.25) is 0 Å². The van der Waals surface area contributed by atoms with Gasteiger partial charge in [0.1, 0.15) is 12.4 Å². The molecule has 0 atom stereocenters. The van der Waals surface area contributed by atoms with Crippen molar-refractivity contribution in [2.45, 2.75) is 13.5 Å². The first-order valence-electron chi connectivity index (χ1n) is 7.71. The zero-order valence-corrected chi connectivity index (χ0v) is 14.6. The summed E-state index contributed by atoms with van der Waals surface area (Å²) < 4.78 is 12.9. The number of hydrogen-bond acceptors (Lipinski definition) is 5. The smallest absolute Gasteiger partial charge is 0.161 e. The van der Waals surface area contributed by atoms with Crippen LogP contribution in [-0.4, -0.2) is 44.1 Å². The molecule has 0 fully saturated rings. The highest BCUT2D eigenvalue weighted by Gasteiger charge is 2.14. The number of rotatable bonds is 8. The fraction of sp³-hybridized carbons (Fsp3) is 0.471. The number of hydrogen-bond donors (Lipinski definition) is 1. The van der Waals surface area contributed by atoms with E-state index in [4.69, 9.17) is 9.47 Å². The molecule has 0 spiro atoms. The van der Waals surface area contributed by atoms with E-state index >= 15 is 0 Å². The Hall–Kier alpha value is -2.21. The lowest BCUT2D eigenvalue weighted by Gasteiger charge is -2.16. The van der Waals surface area contributed by atoms with Gasteiger partial charge in [-0.1, -0.05) is 12.1 Å². The Morgan fingerprint density at radius 3 is 2.57 bits per heavy atom. The minimum absolute atomic E-state index is 0.580. The lowest BCUT2D eigenvalue weighted by molar-refractivity contribution is 0.292. The molecule has 0 aliphatic rings. The summed E-state index contributed by atoms with van der Waals surface area (Å²) in [5, 5.41) is 7.90. The second-order valence-corrected chi connectivity index (χ2v) is 5.58. The summed E-state index contributed by atoms with van der Waals surface area (Å²) in [5.41, 5.74) is 2.27. The van der Waals surface area contributed by atoms with E-state index in [1.54, 1.807) is 7.11 Å². The lowest BCUT2D eigenvalue weighted by Crippen LogP contribution is -2.23. The van der Waals surface area contributed by atoms with Crippen LogP contribution in [0.5, 0.6) is 11.5 Å². The van der Waals surface area contributed by atoms with Gasteiger partial charge >= 0.3 is 0 Å². The van der Waals surface area contributed by atoms with Gasteiger partial charge < -0.3 is 19.7 Å². The van der Waals surface area contributed by atoms with Crippen LogP contribution in [0.1, 0.15) is 11.3 Å². The minimum Gasteiger partial charge on any atom is -0.493 e. The van der Waals surface area contributed by atoms with Gasteiger partial charge in [-0.3, -0.25) is 4.68 Å². The van der Waals surface area contributed by atoms with Gasteiger partial charge in [0.15, 0.2) is 11.5 Å². The number of nitrogens with zero attached hydrogens (tertiary/aromatic N) is 3. The topological polar surface area (TPSA) is 51.6 Å². The zero-order valence-electron chi connectivity index (χ0n) is 14.6. The molecule has 6 heteroatoms. The van der Waals surface area contributed by atoms with E-state index in [1.807, 2.05) is 57.0 Å². The Balaban J connectivity index is 1.84. The van der Waals surface area contributed by atoms with Gasteiger partial charge in [-0.2, -0.15) is 5.10 Å². The monoisotopic (exact) mass is 318 g/mol. The molecule has 1 aromatic carbocycles.